The Morgan fingerprint density at radius 1 is 1.31 bits per heavy atom. The van der Waals surface area contributed by atoms with Crippen molar-refractivity contribution < 1.29 is 19.1 Å². The fourth-order valence-electron chi connectivity index (χ4n) is 2.68. The molecule has 1 aliphatic heterocycles. The van der Waals surface area contributed by atoms with E-state index in [1.165, 1.54) is 16.2 Å². The highest BCUT2D eigenvalue weighted by Crippen LogP contribution is 2.28. The van der Waals surface area contributed by atoms with Gasteiger partial charge in [-0.3, -0.25) is 14.5 Å². The topological polar surface area (TPSA) is 93.7 Å². The molecular weight excluding hydrogens is 356 g/mol. The third kappa shape index (κ3) is 4.17. The van der Waals surface area contributed by atoms with Gasteiger partial charge in [-0.2, -0.15) is 0 Å². The predicted octanol–water partition coefficient (Wildman–Crippen LogP) is 1.36. The first-order chi connectivity index (χ1) is 12.6. The Morgan fingerprint density at radius 3 is 2.77 bits per heavy atom. The molecule has 0 radical (unpaired) electrons. The maximum atomic E-state index is 12.4. The van der Waals surface area contributed by atoms with Crippen LogP contribution in [0, 0.1) is 5.92 Å². The van der Waals surface area contributed by atoms with Gasteiger partial charge in [-0.1, -0.05) is 23.5 Å². The number of nitrogens with one attached hydrogen (secondary N) is 1. The summed E-state index contributed by atoms with van der Waals surface area (Å²) in [4.78, 5) is 26.2. The molecule has 0 spiro atoms. The normalized spacial score (nSPS) is 16.8. The Bertz CT molecular complexity index is 777. The van der Waals surface area contributed by atoms with Gasteiger partial charge in [-0.25, -0.2) is 0 Å². The number of amides is 2. The van der Waals surface area contributed by atoms with Crippen molar-refractivity contribution in [1.82, 2.24) is 15.5 Å². The van der Waals surface area contributed by atoms with Crippen molar-refractivity contribution in [2.75, 3.05) is 25.7 Å². The largest absolute Gasteiger partial charge is 0.497 e. The van der Waals surface area contributed by atoms with E-state index in [0.717, 1.165) is 11.3 Å². The van der Waals surface area contributed by atoms with Gasteiger partial charge in [-0.15, -0.1) is 10.2 Å². The molecule has 0 aliphatic carbocycles. The molecule has 2 amide bonds. The van der Waals surface area contributed by atoms with Crippen molar-refractivity contribution in [3.05, 3.63) is 34.8 Å². The molecular formula is C17H20N4O4S. The summed E-state index contributed by atoms with van der Waals surface area (Å²) in [7, 11) is 3.18. The van der Waals surface area contributed by atoms with E-state index in [4.69, 9.17) is 9.47 Å². The van der Waals surface area contributed by atoms with Crippen molar-refractivity contribution >= 4 is 28.3 Å². The zero-order valence-corrected chi connectivity index (χ0v) is 15.4. The van der Waals surface area contributed by atoms with Crippen LogP contribution in [-0.2, 0) is 27.5 Å². The summed E-state index contributed by atoms with van der Waals surface area (Å²) in [5.74, 6) is 0.116. The summed E-state index contributed by atoms with van der Waals surface area (Å²) >= 11 is 1.30. The number of benzene rings is 1. The molecule has 2 heterocycles. The summed E-state index contributed by atoms with van der Waals surface area (Å²) in [6, 6.07) is 7.47. The van der Waals surface area contributed by atoms with E-state index >= 15 is 0 Å². The average molecular weight is 376 g/mol. The Balaban J connectivity index is 1.55. The summed E-state index contributed by atoms with van der Waals surface area (Å²) in [6.07, 6.45) is 0.174. The van der Waals surface area contributed by atoms with E-state index < -0.39 is 5.92 Å². The fraction of sp³-hybridized carbons (Fsp3) is 0.412. The van der Waals surface area contributed by atoms with Crippen LogP contribution in [0.4, 0.5) is 5.13 Å². The number of carbonyl (C=O) groups is 2. The Morgan fingerprint density at radius 2 is 2.08 bits per heavy atom. The van der Waals surface area contributed by atoms with Gasteiger partial charge in [-0.05, 0) is 17.7 Å². The molecule has 1 aromatic carbocycles. The van der Waals surface area contributed by atoms with E-state index in [2.05, 4.69) is 15.5 Å². The second-order valence-corrected chi connectivity index (χ2v) is 6.92. The summed E-state index contributed by atoms with van der Waals surface area (Å²) in [6.45, 7) is 1.07. The molecule has 9 heteroatoms. The number of nitrogens with zero attached hydrogens (tertiary/aromatic N) is 3. The lowest BCUT2D eigenvalue weighted by atomic mass is 10.1. The second kappa shape index (κ2) is 8.24. The number of hydrogen-bond donors (Lipinski definition) is 1. The second-order valence-electron chi connectivity index (χ2n) is 5.88. The first-order valence-electron chi connectivity index (χ1n) is 8.13. The van der Waals surface area contributed by atoms with Crippen molar-refractivity contribution in [2.24, 2.45) is 5.92 Å². The SMILES string of the molecule is COCc1nnc(N2CC(C(=O)NCc3ccc(OC)cc3)CC2=O)s1. The standard InChI is InChI=1S/C17H20N4O4S/c1-24-10-14-19-20-17(26-14)21-9-12(7-15(21)22)16(23)18-8-11-3-5-13(25-2)6-4-11/h3-6,12H,7-10H2,1-2H3,(H,18,23). The number of ether oxygens (including phenoxy) is 2. The number of anilines is 1. The first-order valence-corrected chi connectivity index (χ1v) is 8.94. The number of rotatable bonds is 7. The minimum absolute atomic E-state index is 0.116. The molecule has 2 aromatic rings. The molecule has 138 valence electrons. The van der Waals surface area contributed by atoms with Crippen LogP contribution in [0.3, 0.4) is 0 Å². The van der Waals surface area contributed by atoms with Crippen LogP contribution in [0.15, 0.2) is 24.3 Å². The highest BCUT2D eigenvalue weighted by atomic mass is 32.1. The van der Waals surface area contributed by atoms with Gasteiger partial charge in [0.15, 0.2) is 0 Å². The summed E-state index contributed by atoms with van der Waals surface area (Å²) in [5.41, 5.74) is 0.966. The highest BCUT2D eigenvalue weighted by molar-refractivity contribution is 7.15. The van der Waals surface area contributed by atoms with Crippen molar-refractivity contribution in [1.29, 1.82) is 0 Å². The summed E-state index contributed by atoms with van der Waals surface area (Å²) in [5, 5.41) is 12.1. The number of hydrogen-bond acceptors (Lipinski definition) is 7. The van der Waals surface area contributed by atoms with E-state index in [0.29, 0.717) is 29.8 Å². The van der Waals surface area contributed by atoms with Crippen molar-refractivity contribution in [3.63, 3.8) is 0 Å². The van der Waals surface area contributed by atoms with Crippen LogP contribution in [0.25, 0.3) is 0 Å². The van der Waals surface area contributed by atoms with Crippen LogP contribution in [0.1, 0.15) is 17.0 Å². The minimum Gasteiger partial charge on any atom is -0.497 e. The molecule has 1 aliphatic rings. The van der Waals surface area contributed by atoms with E-state index in [1.807, 2.05) is 24.3 Å². The van der Waals surface area contributed by atoms with Gasteiger partial charge < -0.3 is 14.8 Å². The molecule has 1 aromatic heterocycles. The molecule has 3 rings (SSSR count). The lowest BCUT2D eigenvalue weighted by Gasteiger charge is -2.13. The zero-order chi connectivity index (χ0) is 18.5. The van der Waals surface area contributed by atoms with Crippen LogP contribution in [0.5, 0.6) is 5.75 Å². The van der Waals surface area contributed by atoms with Gasteiger partial charge in [0.1, 0.15) is 17.4 Å². The van der Waals surface area contributed by atoms with E-state index in [-0.39, 0.29) is 18.2 Å². The maximum absolute atomic E-state index is 12.4. The lowest BCUT2D eigenvalue weighted by Crippen LogP contribution is -2.32. The molecule has 0 bridgehead atoms. The smallest absolute Gasteiger partial charge is 0.229 e. The van der Waals surface area contributed by atoms with Crippen molar-refractivity contribution in [2.45, 2.75) is 19.6 Å². The Hall–Kier alpha value is -2.52. The minimum atomic E-state index is -0.393. The van der Waals surface area contributed by atoms with Gasteiger partial charge in [0, 0.05) is 26.6 Å². The molecule has 26 heavy (non-hydrogen) atoms. The molecule has 0 saturated carbocycles. The summed E-state index contributed by atoms with van der Waals surface area (Å²) < 4.78 is 10.1. The number of methoxy groups -OCH3 is 2. The Labute approximate surface area is 155 Å². The third-order valence-electron chi connectivity index (χ3n) is 4.08. The molecule has 8 nitrogen and oxygen atoms in total. The quantitative estimate of drug-likeness (QED) is 0.784. The number of carbonyl (C=O) groups excluding carboxylic acids is 2. The van der Waals surface area contributed by atoms with E-state index in [9.17, 15) is 9.59 Å². The maximum Gasteiger partial charge on any atom is 0.229 e. The van der Waals surface area contributed by atoms with Gasteiger partial charge >= 0.3 is 0 Å². The van der Waals surface area contributed by atoms with Crippen LogP contribution in [-0.4, -0.2) is 42.8 Å². The molecule has 1 fully saturated rings. The average Bonchev–Trinajstić information content (AvgIpc) is 3.27. The predicted molar refractivity (Wildman–Crippen MR) is 95.9 cm³/mol. The molecule has 1 N–H and O–H groups in total. The fourth-order valence-corrected chi connectivity index (χ4v) is 3.52. The lowest BCUT2D eigenvalue weighted by molar-refractivity contribution is -0.126. The van der Waals surface area contributed by atoms with E-state index in [1.54, 1.807) is 14.2 Å². The van der Waals surface area contributed by atoms with Crippen LogP contribution < -0.4 is 15.0 Å². The van der Waals surface area contributed by atoms with Gasteiger partial charge in [0.05, 0.1) is 13.0 Å². The Kier molecular flexibility index (Phi) is 5.79. The zero-order valence-electron chi connectivity index (χ0n) is 14.6. The highest BCUT2D eigenvalue weighted by Gasteiger charge is 2.36. The molecule has 1 atom stereocenters. The monoisotopic (exact) mass is 376 g/mol. The van der Waals surface area contributed by atoms with Crippen LogP contribution >= 0.6 is 11.3 Å². The van der Waals surface area contributed by atoms with Gasteiger partial charge in [0.2, 0.25) is 16.9 Å². The first kappa shape index (κ1) is 18.3. The third-order valence-corrected chi connectivity index (χ3v) is 5.00. The van der Waals surface area contributed by atoms with Crippen molar-refractivity contribution in [3.8, 4) is 5.75 Å². The number of aromatic nitrogens is 2. The molecule has 1 saturated heterocycles. The van der Waals surface area contributed by atoms with Gasteiger partial charge in [0.25, 0.3) is 0 Å². The van der Waals surface area contributed by atoms with Crippen LogP contribution in [0.2, 0.25) is 0 Å². The molecule has 1 unspecified atom stereocenters.